The molecule has 2 heterocycles. The predicted molar refractivity (Wildman–Crippen MR) is 139 cm³/mol. The zero-order valence-corrected chi connectivity index (χ0v) is 20.1. The Hall–Kier alpha value is -3.61. The number of aryl methyl sites for hydroxylation is 1. The predicted octanol–water partition coefficient (Wildman–Crippen LogP) is 4.59. The van der Waals surface area contributed by atoms with Crippen LogP contribution >= 0.6 is 0 Å². The van der Waals surface area contributed by atoms with Crippen LogP contribution in [0.25, 0.3) is 10.9 Å². The first kappa shape index (κ1) is 23.1. The van der Waals surface area contributed by atoms with Crippen molar-refractivity contribution in [1.82, 2.24) is 9.88 Å². The van der Waals surface area contributed by atoms with Crippen molar-refractivity contribution in [2.24, 2.45) is 0 Å². The summed E-state index contributed by atoms with van der Waals surface area (Å²) in [5, 5.41) is 12.3. The number of ketones is 1. The molecular weight excluding hydrogens is 438 g/mol. The van der Waals surface area contributed by atoms with E-state index < -0.39 is 12.1 Å². The molecule has 0 saturated carbocycles. The Kier molecular flexibility index (Phi) is 6.57. The summed E-state index contributed by atoms with van der Waals surface area (Å²) in [6.07, 6.45) is 0.536. The van der Waals surface area contributed by atoms with Gasteiger partial charge < -0.3 is 19.7 Å². The molecular formula is C29H31N3O3. The van der Waals surface area contributed by atoms with Crippen LogP contribution < -0.4 is 9.64 Å². The van der Waals surface area contributed by atoms with E-state index in [0.717, 1.165) is 59.6 Å². The Morgan fingerprint density at radius 1 is 0.943 bits per heavy atom. The number of carbonyl (C=O) groups excluding carboxylic acids is 1. The number of nitrogens with one attached hydrogen (secondary N) is 1. The van der Waals surface area contributed by atoms with Crippen LogP contribution in [0.15, 0.2) is 79.0 Å². The zero-order valence-electron chi connectivity index (χ0n) is 20.1. The topological polar surface area (TPSA) is 68.8 Å². The minimum Gasteiger partial charge on any atom is -0.497 e. The smallest absolute Gasteiger partial charge is 0.195 e. The average molecular weight is 470 g/mol. The fourth-order valence-corrected chi connectivity index (χ4v) is 4.99. The van der Waals surface area contributed by atoms with Crippen molar-refractivity contribution in [3.63, 3.8) is 0 Å². The Labute approximate surface area is 205 Å². The maximum absolute atomic E-state index is 13.6. The highest BCUT2D eigenvalue weighted by Gasteiger charge is 2.35. The third kappa shape index (κ3) is 4.67. The fourth-order valence-electron chi connectivity index (χ4n) is 4.99. The van der Waals surface area contributed by atoms with Gasteiger partial charge in [0.2, 0.25) is 0 Å². The Bertz CT molecular complexity index is 1290. The van der Waals surface area contributed by atoms with Gasteiger partial charge in [0.15, 0.2) is 5.78 Å². The number of rotatable bonds is 7. The number of benzene rings is 3. The normalized spacial score (nSPS) is 16.3. The average Bonchev–Trinajstić information content (AvgIpc) is 3.34. The molecule has 180 valence electrons. The Morgan fingerprint density at radius 2 is 1.63 bits per heavy atom. The maximum Gasteiger partial charge on any atom is 0.195 e. The van der Waals surface area contributed by atoms with E-state index in [1.165, 1.54) is 0 Å². The monoisotopic (exact) mass is 469 g/mol. The number of hydrogen-bond donors (Lipinski definition) is 2. The number of nitrogens with zero attached hydrogens (tertiary/aromatic N) is 2. The summed E-state index contributed by atoms with van der Waals surface area (Å²) in [7, 11) is 1.67. The maximum atomic E-state index is 13.6. The molecule has 6 nitrogen and oxygen atoms in total. The van der Waals surface area contributed by atoms with Gasteiger partial charge >= 0.3 is 0 Å². The first-order valence-corrected chi connectivity index (χ1v) is 12.0. The summed E-state index contributed by atoms with van der Waals surface area (Å²) in [5.41, 5.74) is 4.67. The summed E-state index contributed by atoms with van der Waals surface area (Å²) in [6, 6.07) is 23.5. The number of ether oxygens (including phenoxy) is 1. The van der Waals surface area contributed by atoms with Gasteiger partial charge in [0.05, 0.1) is 13.2 Å². The molecule has 1 saturated heterocycles. The molecule has 1 aliphatic rings. The van der Waals surface area contributed by atoms with Gasteiger partial charge in [-0.3, -0.25) is 9.69 Å². The lowest BCUT2D eigenvalue weighted by atomic mass is 9.92. The number of methoxy groups -OCH3 is 1. The number of aromatic nitrogens is 1. The molecule has 1 fully saturated rings. The number of piperazine rings is 1. The van der Waals surface area contributed by atoms with Crippen LogP contribution in [-0.2, 0) is 0 Å². The van der Waals surface area contributed by atoms with Crippen LogP contribution in [0.2, 0.25) is 0 Å². The lowest BCUT2D eigenvalue weighted by Gasteiger charge is -2.41. The number of hydrogen-bond acceptors (Lipinski definition) is 5. The minimum absolute atomic E-state index is 0.259. The second-order valence-corrected chi connectivity index (χ2v) is 9.13. The molecule has 0 radical (unpaired) electrons. The number of carbonyl (C=O) groups is 1. The van der Waals surface area contributed by atoms with Gasteiger partial charge in [-0.15, -0.1) is 0 Å². The number of anilines is 1. The summed E-state index contributed by atoms with van der Waals surface area (Å²) in [5.74, 6) is 0.580. The van der Waals surface area contributed by atoms with E-state index in [4.69, 9.17) is 4.74 Å². The van der Waals surface area contributed by atoms with Crippen molar-refractivity contribution in [1.29, 1.82) is 0 Å². The second kappa shape index (κ2) is 9.94. The number of fused-ring (bicyclic) bond motifs is 1. The van der Waals surface area contributed by atoms with Gasteiger partial charge in [-0.25, -0.2) is 0 Å². The van der Waals surface area contributed by atoms with E-state index in [0.29, 0.717) is 5.56 Å². The molecule has 1 aliphatic heterocycles. The fraction of sp³-hybridized carbons (Fsp3) is 0.276. The number of aromatic amines is 1. The highest BCUT2D eigenvalue weighted by Crippen LogP contribution is 2.31. The van der Waals surface area contributed by atoms with E-state index in [2.05, 4.69) is 26.9 Å². The van der Waals surface area contributed by atoms with Crippen molar-refractivity contribution in [2.75, 3.05) is 38.2 Å². The van der Waals surface area contributed by atoms with Crippen molar-refractivity contribution in [2.45, 2.75) is 19.1 Å². The van der Waals surface area contributed by atoms with E-state index >= 15 is 0 Å². The minimum atomic E-state index is -1.18. The molecule has 2 N–H and O–H groups in total. The number of aliphatic hydroxyl groups is 1. The van der Waals surface area contributed by atoms with E-state index in [-0.39, 0.29) is 5.78 Å². The molecule has 3 aromatic carbocycles. The molecule has 2 atom stereocenters. The number of Topliss-reactive ketones (excluding diaryl/α,β-unsaturated/α-hetero) is 1. The quantitative estimate of drug-likeness (QED) is 0.388. The van der Waals surface area contributed by atoms with Crippen LogP contribution in [0.5, 0.6) is 5.75 Å². The molecule has 0 unspecified atom stereocenters. The third-order valence-electron chi connectivity index (χ3n) is 6.99. The van der Waals surface area contributed by atoms with Gasteiger partial charge in [-0.1, -0.05) is 48.0 Å². The largest absolute Gasteiger partial charge is 0.497 e. The van der Waals surface area contributed by atoms with Crippen LogP contribution in [0, 0.1) is 6.92 Å². The van der Waals surface area contributed by atoms with Gasteiger partial charge in [0.1, 0.15) is 11.9 Å². The molecule has 0 aliphatic carbocycles. The zero-order chi connectivity index (χ0) is 24.4. The SMILES string of the molecule is COc1ccc(N2CCN([C@@H](c3ccc(C)cc3)[C@H](O)C(=O)c3c[nH]c4ccccc34)CC2)cc1. The lowest BCUT2D eigenvalue weighted by molar-refractivity contribution is 0.0366. The third-order valence-corrected chi connectivity index (χ3v) is 6.99. The Morgan fingerprint density at radius 3 is 2.31 bits per heavy atom. The number of H-pyrrole nitrogens is 1. The lowest BCUT2D eigenvalue weighted by Crippen LogP contribution is -2.51. The number of para-hydroxylation sites is 1. The molecule has 6 heteroatoms. The molecule has 1 aromatic heterocycles. The molecule has 4 aromatic rings. The van der Waals surface area contributed by atoms with E-state index in [1.54, 1.807) is 13.3 Å². The molecule has 0 bridgehead atoms. The van der Waals surface area contributed by atoms with Gasteiger partial charge in [-0.2, -0.15) is 0 Å². The molecule has 5 rings (SSSR count). The van der Waals surface area contributed by atoms with Crippen LogP contribution in [-0.4, -0.2) is 60.2 Å². The van der Waals surface area contributed by atoms with Gasteiger partial charge in [0.25, 0.3) is 0 Å². The van der Waals surface area contributed by atoms with Gasteiger partial charge in [0, 0.05) is 54.5 Å². The first-order chi connectivity index (χ1) is 17.0. The van der Waals surface area contributed by atoms with Crippen LogP contribution in [0.3, 0.4) is 0 Å². The highest BCUT2D eigenvalue weighted by molar-refractivity contribution is 6.10. The summed E-state index contributed by atoms with van der Waals surface area (Å²) in [6.45, 7) is 5.14. The van der Waals surface area contributed by atoms with E-state index in [1.807, 2.05) is 67.6 Å². The molecule has 0 spiro atoms. The standard InChI is InChI=1S/C29H31N3O3/c1-20-7-9-21(10-8-20)27(29(34)28(33)25-19-30-26-6-4-3-5-24(25)26)32-17-15-31(16-18-32)22-11-13-23(35-2)14-12-22/h3-14,19,27,29-30,34H,15-18H2,1-2H3/t27-,29-/m0/s1. The summed E-state index contributed by atoms with van der Waals surface area (Å²) in [4.78, 5) is 21.3. The summed E-state index contributed by atoms with van der Waals surface area (Å²) < 4.78 is 5.28. The second-order valence-electron chi connectivity index (χ2n) is 9.13. The molecule has 0 amide bonds. The van der Waals surface area contributed by atoms with E-state index in [9.17, 15) is 9.90 Å². The summed E-state index contributed by atoms with van der Waals surface area (Å²) >= 11 is 0. The molecule has 35 heavy (non-hydrogen) atoms. The number of aliphatic hydroxyl groups excluding tert-OH is 1. The first-order valence-electron chi connectivity index (χ1n) is 12.0. The van der Waals surface area contributed by atoms with Crippen molar-refractivity contribution in [3.05, 3.63) is 95.7 Å². The van der Waals surface area contributed by atoms with Crippen LogP contribution in [0.4, 0.5) is 5.69 Å². The van der Waals surface area contributed by atoms with Crippen molar-refractivity contribution < 1.29 is 14.6 Å². The van der Waals surface area contributed by atoms with Crippen molar-refractivity contribution in [3.8, 4) is 5.75 Å². The highest BCUT2D eigenvalue weighted by atomic mass is 16.5. The van der Waals surface area contributed by atoms with Gasteiger partial charge in [-0.05, 0) is 42.8 Å². The van der Waals surface area contributed by atoms with Crippen molar-refractivity contribution >= 4 is 22.4 Å². The Balaban J connectivity index is 1.39. The van der Waals surface area contributed by atoms with Crippen LogP contribution in [0.1, 0.15) is 27.5 Å².